The van der Waals surface area contributed by atoms with Crippen LogP contribution in [-0.4, -0.2) is 58.4 Å². The molecule has 1 aromatic carbocycles. The molecular formula is C20H19N7O3S3. The Morgan fingerprint density at radius 1 is 1.30 bits per heavy atom. The van der Waals surface area contributed by atoms with E-state index < -0.39 is 10.0 Å². The third kappa shape index (κ3) is 4.26. The van der Waals surface area contributed by atoms with Crippen molar-refractivity contribution in [2.75, 3.05) is 23.2 Å². The van der Waals surface area contributed by atoms with Gasteiger partial charge in [-0.1, -0.05) is 30.0 Å². The number of aromatic nitrogens is 4. The predicted molar refractivity (Wildman–Crippen MR) is 131 cm³/mol. The first kappa shape index (κ1) is 21.7. The number of carbonyl (C=O) groups excluding carboxylic acids is 1. The van der Waals surface area contributed by atoms with Crippen molar-refractivity contribution >= 4 is 66.6 Å². The van der Waals surface area contributed by atoms with E-state index in [0.717, 1.165) is 16.1 Å². The van der Waals surface area contributed by atoms with Crippen LogP contribution in [0.1, 0.15) is 12.1 Å². The van der Waals surface area contributed by atoms with Crippen molar-refractivity contribution in [2.24, 2.45) is 4.99 Å². The number of benzene rings is 1. The molecule has 1 atom stereocenters. The van der Waals surface area contributed by atoms with Crippen molar-refractivity contribution in [1.82, 2.24) is 20.2 Å². The number of hydrogen-bond donors (Lipinski definition) is 3. The molecule has 0 bridgehead atoms. The molecule has 33 heavy (non-hydrogen) atoms. The number of fused-ring (bicyclic) bond motifs is 1. The zero-order chi connectivity index (χ0) is 23.0. The van der Waals surface area contributed by atoms with E-state index >= 15 is 0 Å². The topological polar surface area (TPSA) is 136 Å². The summed E-state index contributed by atoms with van der Waals surface area (Å²) in [5.41, 5.74) is 2.06. The summed E-state index contributed by atoms with van der Waals surface area (Å²) in [7, 11) is -2.10. The van der Waals surface area contributed by atoms with Crippen LogP contribution in [0.4, 0.5) is 11.6 Å². The zero-order valence-electron chi connectivity index (χ0n) is 17.3. The number of nitrogens with zero attached hydrogens (tertiary/aromatic N) is 4. The molecular weight excluding hydrogens is 482 g/mol. The lowest BCUT2D eigenvalue weighted by Gasteiger charge is -2.19. The molecule has 4 heterocycles. The second kappa shape index (κ2) is 8.65. The van der Waals surface area contributed by atoms with Crippen LogP contribution in [0.5, 0.6) is 0 Å². The van der Waals surface area contributed by atoms with Crippen molar-refractivity contribution in [3.8, 4) is 0 Å². The smallest absolute Gasteiger partial charge is 0.273 e. The van der Waals surface area contributed by atoms with Crippen molar-refractivity contribution in [1.29, 1.82) is 0 Å². The minimum absolute atomic E-state index is 0.00400. The van der Waals surface area contributed by atoms with Gasteiger partial charge in [0.25, 0.3) is 10.0 Å². The molecule has 5 rings (SSSR count). The van der Waals surface area contributed by atoms with E-state index in [2.05, 4.69) is 30.5 Å². The number of amides is 1. The quantitative estimate of drug-likeness (QED) is 0.356. The number of para-hydroxylation sites is 1. The molecule has 0 saturated carbocycles. The Morgan fingerprint density at radius 2 is 2.18 bits per heavy atom. The third-order valence-corrected chi connectivity index (χ3v) is 9.48. The van der Waals surface area contributed by atoms with E-state index in [1.807, 2.05) is 18.2 Å². The van der Waals surface area contributed by atoms with Gasteiger partial charge in [0.15, 0.2) is 0 Å². The number of thiophene rings is 1. The minimum atomic E-state index is -3.65. The first-order valence-corrected chi connectivity index (χ1v) is 13.1. The fourth-order valence-electron chi connectivity index (χ4n) is 3.52. The molecule has 1 amide bonds. The molecule has 170 valence electrons. The standard InChI is InChI=1S/C20H19N7O3S3/c1-27(33(29,30)17-6-3-7-31-17)15-5-2-4-12-8-14(24-18(12)15)19-21-10-13(32-19)9-16(28)25-20-22-11-23-26-20/h2-8,11,13,24H,9-10H2,1H3,(H2,22,23,25,26,28). The molecule has 4 aromatic rings. The van der Waals surface area contributed by atoms with Crippen LogP contribution in [0, 0.1) is 0 Å². The number of nitrogens with one attached hydrogen (secondary N) is 3. The third-order valence-electron chi connectivity index (χ3n) is 5.12. The van der Waals surface area contributed by atoms with Crippen LogP contribution in [0.25, 0.3) is 10.9 Å². The second-order valence-electron chi connectivity index (χ2n) is 7.30. The number of rotatable bonds is 7. The number of aliphatic imine (C=N–C) groups is 1. The maximum Gasteiger partial charge on any atom is 0.273 e. The minimum Gasteiger partial charge on any atom is -0.351 e. The van der Waals surface area contributed by atoms with E-state index in [-0.39, 0.29) is 21.8 Å². The van der Waals surface area contributed by atoms with Gasteiger partial charge < -0.3 is 4.98 Å². The second-order valence-corrected chi connectivity index (χ2v) is 11.7. The highest BCUT2D eigenvalue weighted by molar-refractivity contribution is 8.15. The lowest BCUT2D eigenvalue weighted by atomic mass is 10.2. The maximum absolute atomic E-state index is 13.0. The number of sulfonamides is 1. The Bertz CT molecular complexity index is 1430. The van der Waals surface area contributed by atoms with Gasteiger partial charge in [-0.25, -0.2) is 13.5 Å². The summed E-state index contributed by atoms with van der Waals surface area (Å²) in [6, 6.07) is 10.8. The molecule has 0 spiro atoms. The average Bonchev–Trinajstić information content (AvgIpc) is 3.59. The van der Waals surface area contributed by atoms with Crippen LogP contribution >= 0.6 is 23.1 Å². The summed E-state index contributed by atoms with van der Waals surface area (Å²) in [6.07, 6.45) is 1.61. The predicted octanol–water partition coefficient (Wildman–Crippen LogP) is 3.06. The number of H-pyrrole nitrogens is 2. The normalized spacial score (nSPS) is 16.2. The number of aromatic amines is 2. The molecule has 0 saturated heterocycles. The number of carbonyl (C=O) groups is 1. The molecule has 3 N–H and O–H groups in total. The van der Waals surface area contributed by atoms with Crippen molar-refractivity contribution in [3.63, 3.8) is 0 Å². The highest BCUT2D eigenvalue weighted by atomic mass is 32.2. The van der Waals surface area contributed by atoms with Crippen LogP contribution in [-0.2, 0) is 14.8 Å². The molecule has 1 aliphatic heterocycles. The number of hydrogen-bond acceptors (Lipinski definition) is 8. The molecule has 13 heteroatoms. The molecule has 10 nitrogen and oxygen atoms in total. The summed E-state index contributed by atoms with van der Waals surface area (Å²) < 4.78 is 27.6. The highest BCUT2D eigenvalue weighted by Gasteiger charge is 2.27. The van der Waals surface area contributed by atoms with Gasteiger partial charge in [-0.05, 0) is 23.6 Å². The van der Waals surface area contributed by atoms with Gasteiger partial charge in [-0.15, -0.1) is 11.3 Å². The van der Waals surface area contributed by atoms with Gasteiger partial charge in [0.2, 0.25) is 11.9 Å². The lowest BCUT2D eigenvalue weighted by Crippen LogP contribution is -2.26. The van der Waals surface area contributed by atoms with E-state index in [9.17, 15) is 13.2 Å². The zero-order valence-corrected chi connectivity index (χ0v) is 19.8. The first-order chi connectivity index (χ1) is 15.9. The van der Waals surface area contributed by atoms with Crippen LogP contribution in [0.2, 0.25) is 0 Å². The van der Waals surface area contributed by atoms with Gasteiger partial charge in [-0.3, -0.25) is 19.4 Å². The summed E-state index contributed by atoms with van der Waals surface area (Å²) in [4.78, 5) is 24.1. The number of thioether (sulfide) groups is 1. The maximum atomic E-state index is 13.0. The van der Waals surface area contributed by atoms with Gasteiger partial charge in [-0.2, -0.15) is 10.1 Å². The van der Waals surface area contributed by atoms with E-state index in [1.165, 1.54) is 33.7 Å². The summed E-state index contributed by atoms with van der Waals surface area (Å²) in [6.45, 7) is 0.513. The first-order valence-electron chi connectivity index (χ1n) is 9.92. The molecule has 0 aliphatic carbocycles. The van der Waals surface area contributed by atoms with Crippen molar-refractivity contribution < 1.29 is 13.2 Å². The number of anilines is 2. The average molecular weight is 502 g/mol. The highest BCUT2D eigenvalue weighted by Crippen LogP contribution is 2.34. The van der Waals surface area contributed by atoms with E-state index in [0.29, 0.717) is 23.7 Å². The molecule has 0 radical (unpaired) electrons. The fourth-order valence-corrected chi connectivity index (χ4v) is 6.97. The van der Waals surface area contributed by atoms with Crippen LogP contribution in [0.15, 0.2) is 57.3 Å². The van der Waals surface area contributed by atoms with Crippen molar-refractivity contribution in [3.05, 3.63) is 53.8 Å². The summed E-state index contributed by atoms with van der Waals surface area (Å²) >= 11 is 2.70. The van der Waals surface area contributed by atoms with E-state index in [1.54, 1.807) is 30.6 Å². The Labute approximate surface area is 197 Å². The SMILES string of the molecule is CN(c1cccc2cc(C3=NCC(CC(=O)Nc4ncn[nH]4)S3)[nH]c12)S(=O)(=O)c1cccs1. The van der Waals surface area contributed by atoms with Crippen molar-refractivity contribution in [2.45, 2.75) is 15.9 Å². The lowest BCUT2D eigenvalue weighted by molar-refractivity contribution is -0.116. The van der Waals surface area contributed by atoms with Gasteiger partial charge >= 0.3 is 0 Å². The van der Waals surface area contributed by atoms with E-state index in [4.69, 9.17) is 0 Å². The molecule has 3 aromatic heterocycles. The van der Waals surface area contributed by atoms with Gasteiger partial charge in [0.05, 0.1) is 23.4 Å². The Balaban J connectivity index is 1.34. The molecule has 0 fully saturated rings. The molecule has 1 unspecified atom stereocenters. The molecule has 1 aliphatic rings. The fraction of sp³-hybridized carbons (Fsp3) is 0.200. The monoisotopic (exact) mass is 501 g/mol. The van der Waals surface area contributed by atoms with Crippen LogP contribution in [0.3, 0.4) is 0 Å². The largest absolute Gasteiger partial charge is 0.351 e. The van der Waals surface area contributed by atoms with Crippen LogP contribution < -0.4 is 9.62 Å². The Morgan fingerprint density at radius 3 is 2.94 bits per heavy atom. The Kier molecular flexibility index (Phi) is 5.68. The summed E-state index contributed by atoms with van der Waals surface area (Å²) in [5, 5.41) is 12.4. The summed E-state index contributed by atoms with van der Waals surface area (Å²) in [5.74, 6) is 0.147. The van der Waals surface area contributed by atoms with Gasteiger partial charge in [0.1, 0.15) is 15.6 Å². The Hall–Kier alpha value is -3.16. The van der Waals surface area contributed by atoms with Gasteiger partial charge in [0, 0.05) is 24.1 Å².